The summed E-state index contributed by atoms with van der Waals surface area (Å²) in [6, 6.07) is 8.80. The van der Waals surface area contributed by atoms with E-state index in [0.29, 0.717) is 6.42 Å². The van der Waals surface area contributed by atoms with Crippen molar-refractivity contribution in [1.29, 1.82) is 0 Å². The maximum Gasteiger partial charge on any atom is 0.251 e. The van der Waals surface area contributed by atoms with Gasteiger partial charge in [-0.3, -0.25) is 33.6 Å². The van der Waals surface area contributed by atoms with E-state index in [1.807, 2.05) is 25.1 Å². The Kier molecular flexibility index (Phi) is 13.8. The van der Waals surface area contributed by atoms with Crippen molar-refractivity contribution in [3.05, 3.63) is 70.8 Å². The summed E-state index contributed by atoms with van der Waals surface area (Å²) < 4.78 is 0. The van der Waals surface area contributed by atoms with Crippen LogP contribution in [0.3, 0.4) is 0 Å². The monoisotopic (exact) mass is 774 g/mol. The Morgan fingerprint density at radius 2 is 1.48 bits per heavy atom. The zero-order valence-corrected chi connectivity index (χ0v) is 32.4. The lowest BCUT2D eigenvalue weighted by atomic mass is 9.87. The molecule has 0 saturated carbocycles. The average molecular weight is 775 g/mol. The molecular formula is C40H54N8O8. The number of hydrogen-bond donors (Lipinski definition) is 7. The van der Waals surface area contributed by atoms with Crippen molar-refractivity contribution in [2.45, 2.75) is 114 Å². The van der Waals surface area contributed by atoms with Gasteiger partial charge in [-0.2, -0.15) is 0 Å². The van der Waals surface area contributed by atoms with Gasteiger partial charge in [-0.15, -0.1) is 0 Å². The summed E-state index contributed by atoms with van der Waals surface area (Å²) in [5.74, 6) is -3.54. The van der Waals surface area contributed by atoms with Gasteiger partial charge in [0.2, 0.25) is 29.5 Å². The Bertz CT molecular complexity index is 1820. The van der Waals surface area contributed by atoms with Gasteiger partial charge in [0.15, 0.2) is 0 Å². The number of nitrogens with two attached hydrogens (primary N) is 1. The molecule has 3 aliphatic rings. The maximum absolute atomic E-state index is 13.7. The number of carbonyl (C=O) groups is 7. The van der Waals surface area contributed by atoms with E-state index in [9.17, 15) is 38.7 Å². The van der Waals surface area contributed by atoms with Crippen LogP contribution in [-0.2, 0) is 30.4 Å². The second kappa shape index (κ2) is 18.5. The molecule has 302 valence electrons. The molecule has 2 aromatic carbocycles. The first kappa shape index (κ1) is 41.8. The number of nitrogens with one attached hydrogen (secondary N) is 5. The standard InChI is InChI=1S/C40H54N8O8/c1-5-10-33(50)47-20-28(19-32(47)39(55)45-30-16-9-12-24-11-6-7-15-29(24)30)44-38(54)26-14-8-13-25(17-26)37(53)43-27-18-31(35(41)51)48(21-27)40(56)34(23(3)49)46-36(52)22(2)42-4/h6-8,11,13-15,17,22-23,27-28,30-32,34,42,49H,5,9-10,12,16,18-21H2,1-4H3,(H2,41,51)(H,43,53)(H,44,54)(H,45,55)(H,46,52)/t22-,23+,27-,28-,30?,31-,32-,34-/m0/s1. The number of aryl methyl sites for hydroxylation is 1. The number of fused-ring (bicyclic) bond motifs is 1. The van der Waals surface area contributed by atoms with Crippen LogP contribution >= 0.6 is 0 Å². The highest BCUT2D eigenvalue weighted by Crippen LogP contribution is 2.30. The zero-order valence-electron chi connectivity index (χ0n) is 32.4. The van der Waals surface area contributed by atoms with Crippen LogP contribution in [0.4, 0.5) is 0 Å². The molecule has 2 heterocycles. The molecule has 0 aromatic heterocycles. The first-order valence-corrected chi connectivity index (χ1v) is 19.4. The fraction of sp³-hybridized carbons (Fsp3) is 0.525. The molecule has 2 saturated heterocycles. The van der Waals surface area contributed by atoms with Gasteiger partial charge in [-0.1, -0.05) is 37.3 Å². The van der Waals surface area contributed by atoms with Crippen molar-refractivity contribution in [1.82, 2.24) is 36.4 Å². The normalized spacial score (nSPS) is 23.3. The van der Waals surface area contributed by atoms with Gasteiger partial charge < -0.3 is 47.2 Å². The van der Waals surface area contributed by atoms with E-state index in [4.69, 9.17) is 5.73 Å². The topological polar surface area (TPSA) is 232 Å². The lowest BCUT2D eigenvalue weighted by Crippen LogP contribution is -2.58. The molecule has 8 N–H and O–H groups in total. The van der Waals surface area contributed by atoms with Crippen molar-refractivity contribution in [2.75, 3.05) is 20.1 Å². The van der Waals surface area contributed by atoms with Gasteiger partial charge in [0, 0.05) is 42.7 Å². The van der Waals surface area contributed by atoms with Crippen LogP contribution in [0.1, 0.15) is 97.2 Å². The fourth-order valence-corrected chi connectivity index (χ4v) is 7.76. The smallest absolute Gasteiger partial charge is 0.251 e. The molecule has 16 nitrogen and oxygen atoms in total. The number of nitrogens with zero attached hydrogens (tertiary/aromatic N) is 2. The fourth-order valence-electron chi connectivity index (χ4n) is 7.76. The number of carbonyl (C=O) groups excluding carboxylic acids is 7. The molecule has 1 unspecified atom stereocenters. The van der Waals surface area contributed by atoms with Crippen LogP contribution < -0.4 is 32.3 Å². The minimum absolute atomic E-state index is 0.00266. The van der Waals surface area contributed by atoms with Gasteiger partial charge in [0.1, 0.15) is 18.1 Å². The van der Waals surface area contributed by atoms with Crippen LogP contribution in [-0.4, -0.2) is 119 Å². The van der Waals surface area contributed by atoms with Crippen LogP contribution in [0.15, 0.2) is 48.5 Å². The molecular weight excluding hydrogens is 720 g/mol. The summed E-state index contributed by atoms with van der Waals surface area (Å²) in [5.41, 5.74) is 8.24. The number of likely N-dealkylation sites (N-methyl/N-ethyl adjacent to an activating group) is 1. The summed E-state index contributed by atoms with van der Waals surface area (Å²) in [7, 11) is 1.57. The van der Waals surface area contributed by atoms with E-state index in [-0.39, 0.29) is 61.3 Å². The number of aliphatic hydroxyl groups is 1. The van der Waals surface area contributed by atoms with Gasteiger partial charge in [-0.05, 0) is 88.7 Å². The summed E-state index contributed by atoms with van der Waals surface area (Å²) >= 11 is 0. The van der Waals surface area contributed by atoms with E-state index in [1.54, 1.807) is 31.0 Å². The number of benzene rings is 2. The number of hydrogen-bond acceptors (Lipinski definition) is 9. The first-order chi connectivity index (χ1) is 26.7. The summed E-state index contributed by atoms with van der Waals surface area (Å²) in [6.07, 6.45) is 2.50. The third-order valence-electron chi connectivity index (χ3n) is 10.9. The molecule has 7 amide bonds. The molecule has 0 bridgehead atoms. The first-order valence-electron chi connectivity index (χ1n) is 19.4. The molecule has 2 aliphatic heterocycles. The third-order valence-corrected chi connectivity index (χ3v) is 10.9. The Morgan fingerprint density at radius 1 is 0.857 bits per heavy atom. The Labute approximate surface area is 326 Å². The SMILES string of the molecule is CCCC(=O)N1C[C@@H](NC(=O)c2cccc(C(=O)N[C@H]3C[C@@H](C(N)=O)N(C(=O)[C@@H](NC(=O)[C@H](C)NC)[C@@H](C)O)C3)c2)C[C@H]1C(=O)NC1CCCc2ccccc21. The minimum atomic E-state index is -1.36. The van der Waals surface area contributed by atoms with E-state index >= 15 is 0 Å². The number of likely N-dealkylation sites (tertiary alicyclic amines) is 2. The molecule has 8 atom stereocenters. The molecule has 16 heteroatoms. The number of primary amides is 1. The van der Waals surface area contributed by atoms with Crippen molar-refractivity contribution < 1.29 is 38.7 Å². The van der Waals surface area contributed by atoms with Gasteiger partial charge in [-0.25, -0.2) is 0 Å². The summed E-state index contributed by atoms with van der Waals surface area (Å²) in [4.78, 5) is 95.0. The molecule has 0 radical (unpaired) electrons. The van der Waals surface area contributed by atoms with E-state index in [2.05, 4.69) is 32.7 Å². The van der Waals surface area contributed by atoms with Gasteiger partial charge in [0.05, 0.1) is 18.2 Å². The third kappa shape index (κ3) is 9.71. The summed E-state index contributed by atoms with van der Waals surface area (Å²) in [5, 5.41) is 24.5. The molecule has 2 aromatic rings. The van der Waals surface area contributed by atoms with E-state index in [1.165, 1.54) is 24.6 Å². The predicted octanol–water partition coefficient (Wildman–Crippen LogP) is 0.0379. The Hall–Kier alpha value is -5.35. The average Bonchev–Trinajstić information content (AvgIpc) is 3.81. The molecule has 1 aliphatic carbocycles. The number of aliphatic hydroxyl groups excluding tert-OH is 1. The van der Waals surface area contributed by atoms with Crippen LogP contribution in [0.25, 0.3) is 0 Å². The van der Waals surface area contributed by atoms with Crippen molar-refractivity contribution >= 4 is 41.4 Å². The summed E-state index contributed by atoms with van der Waals surface area (Å²) in [6.45, 7) is 4.86. The maximum atomic E-state index is 13.7. The van der Waals surface area contributed by atoms with Crippen LogP contribution in [0.5, 0.6) is 0 Å². The van der Waals surface area contributed by atoms with E-state index < -0.39 is 71.9 Å². The largest absolute Gasteiger partial charge is 0.391 e. The predicted molar refractivity (Wildman–Crippen MR) is 206 cm³/mol. The van der Waals surface area contributed by atoms with Gasteiger partial charge in [0.25, 0.3) is 11.8 Å². The van der Waals surface area contributed by atoms with Gasteiger partial charge >= 0.3 is 0 Å². The Morgan fingerprint density at radius 3 is 2.09 bits per heavy atom. The molecule has 56 heavy (non-hydrogen) atoms. The zero-order chi connectivity index (χ0) is 40.7. The van der Waals surface area contributed by atoms with Crippen molar-refractivity contribution in [3.8, 4) is 0 Å². The lowest BCUT2D eigenvalue weighted by molar-refractivity contribution is -0.143. The number of amides is 7. The van der Waals surface area contributed by atoms with Crippen molar-refractivity contribution in [3.63, 3.8) is 0 Å². The van der Waals surface area contributed by atoms with Crippen LogP contribution in [0.2, 0.25) is 0 Å². The molecule has 2 fully saturated rings. The highest BCUT2D eigenvalue weighted by atomic mass is 16.3. The number of rotatable bonds is 14. The van der Waals surface area contributed by atoms with Crippen LogP contribution in [0, 0.1) is 0 Å². The minimum Gasteiger partial charge on any atom is -0.391 e. The lowest BCUT2D eigenvalue weighted by Gasteiger charge is -2.29. The Balaban J connectivity index is 1.22. The highest BCUT2D eigenvalue weighted by Gasteiger charge is 2.44. The van der Waals surface area contributed by atoms with Crippen molar-refractivity contribution in [2.24, 2.45) is 5.73 Å². The molecule has 5 rings (SSSR count). The second-order valence-electron chi connectivity index (χ2n) is 15.0. The van der Waals surface area contributed by atoms with E-state index in [0.717, 1.165) is 29.7 Å². The highest BCUT2D eigenvalue weighted by molar-refractivity contribution is 6.00. The second-order valence-corrected chi connectivity index (χ2v) is 15.0. The molecule has 0 spiro atoms. The quantitative estimate of drug-likeness (QED) is 0.137.